The number of terminal acetylenes is 1. The summed E-state index contributed by atoms with van der Waals surface area (Å²) in [5, 5.41) is 0. The molecule has 0 bridgehead atoms. The maximum atomic E-state index is 5.53. The molecular formula is C14H18O2. The molecule has 1 aromatic rings. The molecule has 0 heterocycles. The van der Waals surface area contributed by atoms with Crippen LogP contribution in [-0.2, 0) is 0 Å². The van der Waals surface area contributed by atoms with Crippen molar-refractivity contribution < 1.29 is 9.47 Å². The molecule has 86 valence electrons. The van der Waals surface area contributed by atoms with Crippen molar-refractivity contribution in [1.29, 1.82) is 0 Å². The number of hydrogen-bond acceptors (Lipinski definition) is 2. The van der Waals surface area contributed by atoms with Crippen molar-refractivity contribution in [2.45, 2.75) is 25.7 Å². The molecule has 0 radical (unpaired) electrons. The van der Waals surface area contributed by atoms with Crippen molar-refractivity contribution in [3.05, 3.63) is 23.8 Å². The second kappa shape index (κ2) is 6.07. The second-order valence-electron chi connectivity index (χ2n) is 3.62. The van der Waals surface area contributed by atoms with E-state index in [-0.39, 0.29) is 5.92 Å². The van der Waals surface area contributed by atoms with Crippen LogP contribution in [0.3, 0.4) is 0 Å². The van der Waals surface area contributed by atoms with E-state index < -0.39 is 0 Å². The molecule has 0 fully saturated rings. The first-order valence-corrected chi connectivity index (χ1v) is 5.44. The van der Waals surface area contributed by atoms with Gasteiger partial charge >= 0.3 is 0 Å². The standard InChI is InChI=1S/C14H18O2/c1-5-7-11(6-2)12-8-9-13(15-3)14(10-12)16-4/h2,8-11H,5,7H2,1,3-4H3. The molecule has 0 saturated carbocycles. The summed E-state index contributed by atoms with van der Waals surface area (Å²) < 4.78 is 10.4. The van der Waals surface area contributed by atoms with Gasteiger partial charge in [-0.15, -0.1) is 6.42 Å². The lowest BCUT2D eigenvalue weighted by Gasteiger charge is -2.13. The van der Waals surface area contributed by atoms with E-state index in [0.29, 0.717) is 0 Å². The van der Waals surface area contributed by atoms with Crippen molar-refractivity contribution in [3.63, 3.8) is 0 Å². The number of ether oxygens (including phenoxy) is 2. The van der Waals surface area contributed by atoms with Crippen molar-refractivity contribution in [2.75, 3.05) is 14.2 Å². The van der Waals surface area contributed by atoms with E-state index in [1.54, 1.807) is 14.2 Å². The number of hydrogen-bond donors (Lipinski definition) is 0. The van der Waals surface area contributed by atoms with Crippen molar-refractivity contribution in [1.82, 2.24) is 0 Å². The van der Waals surface area contributed by atoms with Crippen LogP contribution in [0.4, 0.5) is 0 Å². The zero-order valence-electron chi connectivity index (χ0n) is 10.1. The lowest BCUT2D eigenvalue weighted by Crippen LogP contribution is -1.97. The molecule has 0 aromatic heterocycles. The summed E-state index contributed by atoms with van der Waals surface area (Å²) in [5.74, 6) is 4.44. The van der Waals surface area contributed by atoms with Crippen LogP contribution in [0, 0.1) is 12.3 Å². The van der Waals surface area contributed by atoms with E-state index >= 15 is 0 Å². The molecule has 0 spiro atoms. The quantitative estimate of drug-likeness (QED) is 0.706. The highest BCUT2D eigenvalue weighted by atomic mass is 16.5. The predicted molar refractivity (Wildman–Crippen MR) is 66.0 cm³/mol. The molecule has 1 aromatic carbocycles. The molecule has 0 aliphatic carbocycles. The maximum absolute atomic E-state index is 5.53. The Balaban J connectivity index is 3.02. The molecule has 1 rings (SSSR count). The van der Waals surface area contributed by atoms with Crippen LogP contribution in [0.25, 0.3) is 0 Å². The van der Waals surface area contributed by atoms with Crippen LogP contribution in [0.1, 0.15) is 31.2 Å². The normalized spacial score (nSPS) is 11.6. The number of methoxy groups -OCH3 is 2. The molecule has 0 saturated heterocycles. The lowest BCUT2D eigenvalue weighted by molar-refractivity contribution is 0.354. The van der Waals surface area contributed by atoms with Gasteiger partial charge in [-0.25, -0.2) is 0 Å². The van der Waals surface area contributed by atoms with Gasteiger partial charge in [0.05, 0.1) is 14.2 Å². The van der Waals surface area contributed by atoms with Gasteiger partial charge < -0.3 is 9.47 Å². The van der Waals surface area contributed by atoms with Gasteiger partial charge in [0.1, 0.15) is 0 Å². The topological polar surface area (TPSA) is 18.5 Å². The Kier molecular flexibility index (Phi) is 4.72. The fourth-order valence-electron chi connectivity index (χ4n) is 1.70. The van der Waals surface area contributed by atoms with Crippen molar-refractivity contribution >= 4 is 0 Å². The highest BCUT2D eigenvalue weighted by Gasteiger charge is 2.11. The molecule has 2 heteroatoms. The second-order valence-corrected chi connectivity index (χ2v) is 3.62. The third-order valence-electron chi connectivity index (χ3n) is 2.59. The Labute approximate surface area is 97.6 Å². The minimum atomic E-state index is 0.157. The Morgan fingerprint density at radius 3 is 2.44 bits per heavy atom. The van der Waals surface area contributed by atoms with E-state index in [1.807, 2.05) is 18.2 Å². The van der Waals surface area contributed by atoms with Gasteiger partial charge in [0, 0.05) is 5.92 Å². The summed E-state index contributed by atoms with van der Waals surface area (Å²) in [6, 6.07) is 5.86. The molecule has 2 nitrogen and oxygen atoms in total. The summed E-state index contributed by atoms with van der Waals surface area (Å²) in [6.07, 6.45) is 7.60. The summed E-state index contributed by atoms with van der Waals surface area (Å²) >= 11 is 0. The molecule has 1 atom stereocenters. The molecule has 1 unspecified atom stereocenters. The first kappa shape index (κ1) is 12.4. The van der Waals surface area contributed by atoms with Gasteiger partial charge in [-0.05, 0) is 24.1 Å². The minimum absolute atomic E-state index is 0.157. The van der Waals surface area contributed by atoms with Crippen LogP contribution in [0.5, 0.6) is 11.5 Å². The summed E-state index contributed by atoms with van der Waals surface area (Å²) in [6.45, 7) is 2.13. The fourth-order valence-corrected chi connectivity index (χ4v) is 1.70. The first-order chi connectivity index (χ1) is 7.76. The van der Waals surface area contributed by atoms with Crippen LogP contribution < -0.4 is 9.47 Å². The number of benzene rings is 1. The van der Waals surface area contributed by atoms with Gasteiger partial charge in [0.15, 0.2) is 11.5 Å². The van der Waals surface area contributed by atoms with Crippen LogP contribution in [0.2, 0.25) is 0 Å². The smallest absolute Gasteiger partial charge is 0.161 e. The van der Waals surface area contributed by atoms with E-state index in [2.05, 4.69) is 12.8 Å². The van der Waals surface area contributed by atoms with Crippen LogP contribution in [0.15, 0.2) is 18.2 Å². The molecule has 0 N–H and O–H groups in total. The highest BCUT2D eigenvalue weighted by Crippen LogP contribution is 2.31. The third-order valence-corrected chi connectivity index (χ3v) is 2.59. The van der Waals surface area contributed by atoms with Crippen molar-refractivity contribution in [2.24, 2.45) is 0 Å². The third kappa shape index (κ3) is 2.70. The predicted octanol–water partition coefficient (Wildman–Crippen LogP) is 3.22. The van der Waals surface area contributed by atoms with Gasteiger partial charge in [0.2, 0.25) is 0 Å². The van der Waals surface area contributed by atoms with E-state index in [9.17, 15) is 0 Å². The van der Waals surface area contributed by atoms with Gasteiger partial charge in [-0.3, -0.25) is 0 Å². The molecule has 0 aliphatic rings. The Morgan fingerprint density at radius 1 is 1.25 bits per heavy atom. The fraction of sp³-hybridized carbons (Fsp3) is 0.429. The van der Waals surface area contributed by atoms with Gasteiger partial charge in [0.25, 0.3) is 0 Å². The van der Waals surface area contributed by atoms with Gasteiger partial charge in [-0.1, -0.05) is 25.3 Å². The Hall–Kier alpha value is -1.62. The Morgan fingerprint density at radius 2 is 1.94 bits per heavy atom. The van der Waals surface area contributed by atoms with Crippen LogP contribution in [-0.4, -0.2) is 14.2 Å². The summed E-state index contributed by atoms with van der Waals surface area (Å²) in [7, 11) is 3.26. The Bertz CT molecular complexity index is 377. The van der Waals surface area contributed by atoms with E-state index in [4.69, 9.17) is 15.9 Å². The zero-order chi connectivity index (χ0) is 12.0. The molecule has 0 amide bonds. The summed E-state index contributed by atoms with van der Waals surface area (Å²) in [4.78, 5) is 0. The highest BCUT2D eigenvalue weighted by molar-refractivity contribution is 5.45. The number of rotatable bonds is 5. The monoisotopic (exact) mass is 218 g/mol. The van der Waals surface area contributed by atoms with E-state index in [0.717, 1.165) is 29.9 Å². The SMILES string of the molecule is C#CC(CCC)c1ccc(OC)c(OC)c1. The average molecular weight is 218 g/mol. The largest absolute Gasteiger partial charge is 0.493 e. The van der Waals surface area contributed by atoms with Crippen LogP contribution >= 0.6 is 0 Å². The van der Waals surface area contributed by atoms with Gasteiger partial charge in [-0.2, -0.15) is 0 Å². The minimum Gasteiger partial charge on any atom is -0.493 e. The lowest BCUT2D eigenvalue weighted by atomic mass is 9.95. The molecule has 16 heavy (non-hydrogen) atoms. The maximum Gasteiger partial charge on any atom is 0.161 e. The average Bonchev–Trinajstić information content (AvgIpc) is 2.35. The summed E-state index contributed by atoms with van der Waals surface area (Å²) in [5.41, 5.74) is 1.11. The molecular weight excluding hydrogens is 200 g/mol. The van der Waals surface area contributed by atoms with Crippen molar-refractivity contribution in [3.8, 4) is 23.8 Å². The zero-order valence-corrected chi connectivity index (χ0v) is 10.1. The first-order valence-electron chi connectivity index (χ1n) is 5.44. The molecule has 0 aliphatic heterocycles. The van der Waals surface area contributed by atoms with E-state index in [1.165, 1.54) is 0 Å².